The maximum atomic E-state index is 12.9. The lowest BCUT2D eigenvalue weighted by Gasteiger charge is -2.00. The van der Waals surface area contributed by atoms with E-state index in [0.717, 1.165) is 0 Å². The Bertz CT molecular complexity index is 318. The zero-order valence-corrected chi connectivity index (χ0v) is 6.60. The summed E-state index contributed by atoms with van der Waals surface area (Å²) >= 11 is 5.31. The molecule has 0 fully saturated rings. The molecule has 1 amide bonds. The first-order chi connectivity index (χ1) is 5.66. The molecule has 64 valence electrons. The number of amides is 1. The maximum Gasteiger partial charge on any atom is 0.268 e. The summed E-state index contributed by atoms with van der Waals surface area (Å²) < 4.78 is 12.9. The number of nitrogens with zero attached hydrogens (tertiary/aromatic N) is 1. The van der Waals surface area contributed by atoms with E-state index in [1.54, 1.807) is 5.43 Å². The van der Waals surface area contributed by atoms with Gasteiger partial charge >= 0.3 is 0 Å². The lowest BCUT2D eigenvalue weighted by molar-refractivity contribution is 0.0949. The highest BCUT2D eigenvalue weighted by molar-refractivity contribution is 6.29. The van der Waals surface area contributed by atoms with E-state index < -0.39 is 11.7 Å². The second-order valence-electron chi connectivity index (χ2n) is 1.94. The Labute approximate surface area is 72.5 Å². The van der Waals surface area contributed by atoms with Crippen LogP contribution in [0.4, 0.5) is 4.39 Å². The standard InChI is InChI=1S/C6H5ClFN3O/c7-5-4(8)3(1-2-10-5)6(12)11-9/h1-2H,9H2,(H,11,12). The summed E-state index contributed by atoms with van der Waals surface area (Å²) in [5.74, 6) is 3.18. The van der Waals surface area contributed by atoms with Crippen LogP contribution in [0.15, 0.2) is 12.3 Å². The SMILES string of the molecule is NNC(=O)c1ccnc(Cl)c1F. The quantitative estimate of drug-likeness (QED) is 0.292. The molecule has 1 aromatic heterocycles. The first-order valence-corrected chi connectivity index (χ1v) is 3.35. The zero-order chi connectivity index (χ0) is 9.14. The van der Waals surface area contributed by atoms with Gasteiger partial charge < -0.3 is 0 Å². The molecule has 0 aliphatic heterocycles. The summed E-state index contributed by atoms with van der Waals surface area (Å²) in [4.78, 5) is 14.2. The van der Waals surface area contributed by atoms with Gasteiger partial charge in [-0.3, -0.25) is 10.2 Å². The van der Waals surface area contributed by atoms with E-state index in [2.05, 4.69) is 4.98 Å². The summed E-state index contributed by atoms with van der Waals surface area (Å²) in [6, 6.07) is 1.18. The molecule has 0 saturated carbocycles. The first-order valence-electron chi connectivity index (χ1n) is 2.97. The third kappa shape index (κ3) is 1.51. The van der Waals surface area contributed by atoms with Crippen molar-refractivity contribution in [1.82, 2.24) is 10.4 Å². The topological polar surface area (TPSA) is 68.0 Å². The molecule has 3 N–H and O–H groups in total. The van der Waals surface area contributed by atoms with Gasteiger partial charge in [0.2, 0.25) is 0 Å². The van der Waals surface area contributed by atoms with Crippen molar-refractivity contribution in [2.24, 2.45) is 5.84 Å². The van der Waals surface area contributed by atoms with Crippen molar-refractivity contribution in [2.75, 3.05) is 0 Å². The van der Waals surface area contributed by atoms with Gasteiger partial charge in [-0.1, -0.05) is 11.6 Å². The van der Waals surface area contributed by atoms with Gasteiger partial charge in [0.05, 0.1) is 5.56 Å². The molecule has 1 heterocycles. The first kappa shape index (κ1) is 8.89. The predicted molar refractivity (Wildman–Crippen MR) is 40.9 cm³/mol. The number of nitrogen functional groups attached to an aromatic ring is 1. The Morgan fingerprint density at radius 2 is 2.42 bits per heavy atom. The van der Waals surface area contributed by atoms with Crippen molar-refractivity contribution >= 4 is 17.5 Å². The number of nitrogens with one attached hydrogen (secondary N) is 1. The molecular formula is C6H5ClFN3O. The summed E-state index contributed by atoms with van der Waals surface area (Å²) in [6.07, 6.45) is 1.22. The third-order valence-electron chi connectivity index (χ3n) is 1.22. The number of rotatable bonds is 1. The molecule has 0 spiro atoms. The number of nitrogens with two attached hydrogens (primary N) is 1. The second-order valence-corrected chi connectivity index (χ2v) is 2.29. The molecule has 1 aromatic rings. The zero-order valence-electron chi connectivity index (χ0n) is 5.84. The highest BCUT2D eigenvalue weighted by Gasteiger charge is 2.13. The monoisotopic (exact) mass is 189 g/mol. The van der Waals surface area contributed by atoms with Gasteiger partial charge in [0.15, 0.2) is 11.0 Å². The highest BCUT2D eigenvalue weighted by Crippen LogP contribution is 2.14. The molecule has 6 heteroatoms. The van der Waals surface area contributed by atoms with E-state index in [4.69, 9.17) is 17.4 Å². The fraction of sp³-hybridized carbons (Fsp3) is 0. The number of aromatic nitrogens is 1. The van der Waals surface area contributed by atoms with Gasteiger partial charge in [-0.15, -0.1) is 0 Å². The lowest BCUT2D eigenvalue weighted by atomic mass is 10.2. The van der Waals surface area contributed by atoms with E-state index in [9.17, 15) is 9.18 Å². The summed E-state index contributed by atoms with van der Waals surface area (Å²) in [6.45, 7) is 0. The Morgan fingerprint density at radius 3 is 3.00 bits per heavy atom. The number of hydrazine groups is 1. The Balaban J connectivity index is 3.16. The lowest BCUT2D eigenvalue weighted by Crippen LogP contribution is -2.30. The highest BCUT2D eigenvalue weighted by atomic mass is 35.5. The molecule has 4 nitrogen and oxygen atoms in total. The molecule has 12 heavy (non-hydrogen) atoms. The van der Waals surface area contributed by atoms with Crippen molar-refractivity contribution in [3.05, 3.63) is 28.8 Å². The van der Waals surface area contributed by atoms with Crippen molar-refractivity contribution in [2.45, 2.75) is 0 Å². The van der Waals surface area contributed by atoms with Crippen LogP contribution in [0.2, 0.25) is 5.15 Å². The molecule has 0 saturated heterocycles. The number of pyridine rings is 1. The third-order valence-corrected chi connectivity index (χ3v) is 1.49. The van der Waals surface area contributed by atoms with Gasteiger partial charge in [-0.2, -0.15) is 0 Å². The van der Waals surface area contributed by atoms with Crippen LogP contribution in [0.1, 0.15) is 10.4 Å². The van der Waals surface area contributed by atoms with Gasteiger partial charge in [-0.25, -0.2) is 15.2 Å². The number of hydrogen-bond acceptors (Lipinski definition) is 3. The van der Waals surface area contributed by atoms with Gasteiger partial charge in [0, 0.05) is 6.20 Å². The van der Waals surface area contributed by atoms with Crippen LogP contribution in [0.25, 0.3) is 0 Å². The van der Waals surface area contributed by atoms with Crippen LogP contribution >= 0.6 is 11.6 Å². The maximum absolute atomic E-state index is 12.9. The molecule has 0 atom stereocenters. The molecule has 0 aromatic carbocycles. The Kier molecular flexibility index (Phi) is 2.57. The van der Waals surface area contributed by atoms with E-state index >= 15 is 0 Å². The fourth-order valence-electron chi connectivity index (χ4n) is 0.671. The number of carbonyl (C=O) groups is 1. The molecule has 1 rings (SSSR count). The predicted octanol–water partition coefficient (Wildman–Crippen LogP) is 0.478. The van der Waals surface area contributed by atoms with E-state index in [-0.39, 0.29) is 10.7 Å². The number of halogens is 2. The molecule has 0 unspecified atom stereocenters. The molecule has 0 aliphatic rings. The average Bonchev–Trinajstić information content (AvgIpc) is 2.08. The summed E-state index contributed by atoms with van der Waals surface area (Å²) in [5, 5.41) is -0.351. The van der Waals surface area contributed by atoms with Crippen LogP contribution in [0, 0.1) is 5.82 Å². The van der Waals surface area contributed by atoms with Gasteiger partial charge in [0.1, 0.15) is 0 Å². The van der Waals surface area contributed by atoms with Crippen LogP contribution in [0.5, 0.6) is 0 Å². The van der Waals surface area contributed by atoms with Gasteiger partial charge in [-0.05, 0) is 6.07 Å². The van der Waals surface area contributed by atoms with Crippen molar-refractivity contribution in [3.63, 3.8) is 0 Å². The van der Waals surface area contributed by atoms with Crippen molar-refractivity contribution in [3.8, 4) is 0 Å². The minimum absolute atomic E-state index is 0.225. The van der Waals surface area contributed by atoms with Crippen LogP contribution in [-0.2, 0) is 0 Å². The second kappa shape index (κ2) is 3.46. The van der Waals surface area contributed by atoms with Crippen LogP contribution < -0.4 is 11.3 Å². The van der Waals surface area contributed by atoms with E-state index in [1.807, 2.05) is 0 Å². The number of hydrogen-bond donors (Lipinski definition) is 2. The van der Waals surface area contributed by atoms with Crippen LogP contribution in [-0.4, -0.2) is 10.9 Å². The molecular weight excluding hydrogens is 185 g/mol. The average molecular weight is 190 g/mol. The normalized spacial score (nSPS) is 9.58. The van der Waals surface area contributed by atoms with Crippen molar-refractivity contribution in [1.29, 1.82) is 0 Å². The van der Waals surface area contributed by atoms with Gasteiger partial charge in [0.25, 0.3) is 5.91 Å². The smallest absolute Gasteiger partial charge is 0.268 e. The van der Waals surface area contributed by atoms with E-state index in [0.29, 0.717) is 0 Å². The summed E-state index contributed by atoms with van der Waals surface area (Å²) in [7, 11) is 0. The van der Waals surface area contributed by atoms with Crippen LogP contribution in [0.3, 0.4) is 0 Å². The minimum Gasteiger partial charge on any atom is -0.290 e. The largest absolute Gasteiger partial charge is 0.290 e. The molecule has 0 bridgehead atoms. The van der Waals surface area contributed by atoms with E-state index in [1.165, 1.54) is 12.3 Å². The molecule has 0 aliphatic carbocycles. The Morgan fingerprint density at radius 1 is 1.75 bits per heavy atom. The summed E-state index contributed by atoms with van der Waals surface area (Å²) in [5.41, 5.74) is 1.56. The molecule has 0 radical (unpaired) electrons. The van der Waals surface area contributed by atoms with Crippen molar-refractivity contribution < 1.29 is 9.18 Å². The fourth-order valence-corrected chi connectivity index (χ4v) is 0.829. The Hall–Kier alpha value is -1.20. The minimum atomic E-state index is -0.873. The number of carbonyl (C=O) groups excluding carboxylic acids is 1.